The Morgan fingerprint density at radius 3 is 2.77 bits per heavy atom. The number of phenols is 1. The number of carbonyl (C=O) groups excluding carboxylic acids is 1. The minimum absolute atomic E-state index is 0.244. The molecule has 1 rings (SSSR count). The third-order valence-corrected chi connectivity index (χ3v) is 1.84. The van der Waals surface area contributed by atoms with Gasteiger partial charge in [-0.2, -0.15) is 0 Å². The molecule has 70 valence electrons. The Balaban J connectivity index is 2.79. The van der Waals surface area contributed by atoms with Gasteiger partial charge in [-0.3, -0.25) is 4.79 Å². The monoisotopic (exact) mass is 180 g/mol. The van der Waals surface area contributed by atoms with Gasteiger partial charge in [0.05, 0.1) is 13.5 Å². The van der Waals surface area contributed by atoms with Crippen molar-refractivity contribution in [3.63, 3.8) is 0 Å². The summed E-state index contributed by atoms with van der Waals surface area (Å²) >= 11 is 0. The lowest BCUT2D eigenvalue weighted by atomic mass is 10.1. The smallest absolute Gasteiger partial charge is 0.309 e. The topological polar surface area (TPSA) is 46.5 Å². The van der Waals surface area contributed by atoms with Crippen molar-refractivity contribution in [1.82, 2.24) is 0 Å². The molecule has 0 unspecified atom stereocenters. The normalized spacial score (nSPS) is 9.69. The Morgan fingerprint density at radius 2 is 2.23 bits per heavy atom. The fourth-order valence-corrected chi connectivity index (χ4v) is 1.07. The first-order chi connectivity index (χ1) is 6.13. The third-order valence-electron chi connectivity index (χ3n) is 1.84. The molecule has 0 heterocycles. The van der Waals surface area contributed by atoms with E-state index in [1.165, 1.54) is 7.11 Å². The molecule has 0 aliphatic heterocycles. The van der Waals surface area contributed by atoms with Crippen LogP contribution in [0.2, 0.25) is 0 Å². The summed E-state index contributed by atoms with van der Waals surface area (Å²) in [5.74, 6) is -0.0290. The molecule has 0 saturated carbocycles. The number of benzene rings is 1. The van der Waals surface area contributed by atoms with Crippen molar-refractivity contribution in [3.05, 3.63) is 29.3 Å². The number of aryl methyl sites for hydroxylation is 1. The molecule has 13 heavy (non-hydrogen) atoms. The van der Waals surface area contributed by atoms with Crippen molar-refractivity contribution in [2.24, 2.45) is 0 Å². The molecule has 0 atom stereocenters. The van der Waals surface area contributed by atoms with Crippen molar-refractivity contribution < 1.29 is 14.6 Å². The van der Waals surface area contributed by atoms with Crippen molar-refractivity contribution in [1.29, 1.82) is 0 Å². The van der Waals surface area contributed by atoms with Gasteiger partial charge in [-0.15, -0.1) is 0 Å². The molecule has 0 amide bonds. The van der Waals surface area contributed by atoms with Crippen LogP contribution >= 0.6 is 0 Å². The van der Waals surface area contributed by atoms with Gasteiger partial charge in [0, 0.05) is 0 Å². The highest BCUT2D eigenvalue weighted by Crippen LogP contribution is 2.17. The van der Waals surface area contributed by atoms with Crippen molar-refractivity contribution >= 4 is 5.97 Å². The largest absolute Gasteiger partial charge is 0.508 e. The Morgan fingerprint density at radius 1 is 1.54 bits per heavy atom. The first-order valence-electron chi connectivity index (χ1n) is 3.99. The van der Waals surface area contributed by atoms with E-state index in [1.807, 2.05) is 0 Å². The van der Waals surface area contributed by atoms with Crippen LogP contribution in [0.3, 0.4) is 0 Å². The fourth-order valence-electron chi connectivity index (χ4n) is 1.07. The lowest BCUT2D eigenvalue weighted by Gasteiger charge is -2.02. The van der Waals surface area contributed by atoms with Gasteiger partial charge in [0.15, 0.2) is 0 Å². The van der Waals surface area contributed by atoms with Crippen molar-refractivity contribution in [2.75, 3.05) is 7.11 Å². The van der Waals surface area contributed by atoms with Gasteiger partial charge >= 0.3 is 5.97 Å². The van der Waals surface area contributed by atoms with Crippen LogP contribution in [0.5, 0.6) is 5.75 Å². The van der Waals surface area contributed by atoms with Crippen LogP contribution in [0.1, 0.15) is 11.1 Å². The first-order valence-corrected chi connectivity index (χ1v) is 3.99. The van der Waals surface area contributed by atoms with Crippen LogP contribution in [0, 0.1) is 6.92 Å². The first kappa shape index (κ1) is 9.58. The number of carbonyl (C=O) groups is 1. The lowest BCUT2D eigenvalue weighted by molar-refractivity contribution is -0.139. The quantitative estimate of drug-likeness (QED) is 0.700. The number of esters is 1. The number of rotatable bonds is 2. The van der Waals surface area contributed by atoms with E-state index < -0.39 is 0 Å². The van der Waals surface area contributed by atoms with Crippen LogP contribution in [0.15, 0.2) is 18.2 Å². The highest BCUT2D eigenvalue weighted by Gasteiger charge is 2.03. The molecule has 0 aliphatic carbocycles. The molecule has 0 radical (unpaired) electrons. The van der Waals surface area contributed by atoms with Gasteiger partial charge in [0.25, 0.3) is 0 Å². The highest BCUT2D eigenvalue weighted by atomic mass is 16.5. The standard InChI is InChI=1S/C10H12O3/c1-7-5-8(3-4-9(7)11)6-10(12)13-2/h3-5,11H,6H2,1-2H3. The van der Waals surface area contributed by atoms with Crippen molar-refractivity contribution in [3.8, 4) is 5.75 Å². The molecule has 0 aliphatic rings. The van der Waals surface area contributed by atoms with E-state index in [0.29, 0.717) is 0 Å². The van der Waals surface area contributed by atoms with Crippen LogP contribution in [0.4, 0.5) is 0 Å². The minimum Gasteiger partial charge on any atom is -0.508 e. The zero-order chi connectivity index (χ0) is 9.84. The second kappa shape index (κ2) is 3.94. The zero-order valence-corrected chi connectivity index (χ0v) is 7.70. The fraction of sp³-hybridized carbons (Fsp3) is 0.300. The summed E-state index contributed by atoms with van der Waals surface area (Å²) in [5, 5.41) is 9.22. The third kappa shape index (κ3) is 2.47. The van der Waals surface area contributed by atoms with Gasteiger partial charge in [-0.05, 0) is 24.1 Å². The van der Waals surface area contributed by atoms with E-state index in [-0.39, 0.29) is 18.1 Å². The average molecular weight is 180 g/mol. The molecule has 1 aromatic carbocycles. The molecule has 0 saturated heterocycles. The minimum atomic E-state index is -0.273. The molecule has 3 nitrogen and oxygen atoms in total. The Labute approximate surface area is 77.0 Å². The number of ether oxygens (including phenoxy) is 1. The molecule has 1 N–H and O–H groups in total. The maximum atomic E-state index is 10.9. The van der Waals surface area contributed by atoms with Crippen LogP contribution in [-0.4, -0.2) is 18.2 Å². The lowest BCUT2D eigenvalue weighted by Crippen LogP contribution is -2.04. The number of methoxy groups -OCH3 is 1. The summed E-state index contributed by atoms with van der Waals surface area (Å²) in [4.78, 5) is 10.9. The zero-order valence-electron chi connectivity index (χ0n) is 7.70. The van der Waals surface area contributed by atoms with Gasteiger partial charge in [-0.25, -0.2) is 0 Å². The summed E-state index contributed by atoms with van der Waals surface area (Å²) in [6, 6.07) is 5.05. The number of hydrogen-bond donors (Lipinski definition) is 1. The predicted molar refractivity (Wildman–Crippen MR) is 48.6 cm³/mol. The highest BCUT2D eigenvalue weighted by molar-refractivity contribution is 5.72. The van der Waals surface area contributed by atoms with Crippen LogP contribution in [-0.2, 0) is 16.0 Å². The summed E-state index contributed by atoms with van der Waals surface area (Å²) in [6.45, 7) is 1.79. The van der Waals surface area contributed by atoms with Crippen molar-refractivity contribution in [2.45, 2.75) is 13.3 Å². The molecular formula is C10H12O3. The van der Waals surface area contributed by atoms with E-state index >= 15 is 0 Å². The maximum absolute atomic E-state index is 10.9. The van der Waals surface area contributed by atoms with Gasteiger partial charge in [-0.1, -0.05) is 12.1 Å². The molecule has 0 spiro atoms. The second-order valence-electron chi connectivity index (χ2n) is 2.87. The summed E-state index contributed by atoms with van der Waals surface area (Å²) in [7, 11) is 1.36. The van der Waals surface area contributed by atoms with E-state index in [0.717, 1.165) is 11.1 Å². The average Bonchev–Trinajstić information content (AvgIpc) is 2.11. The van der Waals surface area contributed by atoms with Gasteiger partial charge in [0.2, 0.25) is 0 Å². The van der Waals surface area contributed by atoms with E-state index in [4.69, 9.17) is 0 Å². The Kier molecular flexibility index (Phi) is 2.90. The maximum Gasteiger partial charge on any atom is 0.309 e. The van der Waals surface area contributed by atoms with Crippen LogP contribution in [0.25, 0.3) is 0 Å². The number of aromatic hydroxyl groups is 1. The SMILES string of the molecule is COC(=O)Cc1ccc(O)c(C)c1. The predicted octanol–water partition coefficient (Wildman–Crippen LogP) is 1.42. The molecule has 3 heteroatoms. The Bertz CT molecular complexity index is 318. The molecule has 1 aromatic rings. The summed E-state index contributed by atoms with van der Waals surface area (Å²) in [5.41, 5.74) is 1.61. The number of phenolic OH excluding ortho intramolecular Hbond substituents is 1. The number of hydrogen-bond acceptors (Lipinski definition) is 3. The van der Waals surface area contributed by atoms with Crippen LogP contribution < -0.4 is 0 Å². The summed E-state index contributed by atoms with van der Waals surface area (Å²) < 4.78 is 4.52. The second-order valence-corrected chi connectivity index (χ2v) is 2.87. The molecule has 0 aromatic heterocycles. The van der Waals surface area contributed by atoms with E-state index in [1.54, 1.807) is 25.1 Å². The van der Waals surface area contributed by atoms with E-state index in [9.17, 15) is 9.90 Å². The molecule has 0 bridgehead atoms. The summed E-state index contributed by atoms with van der Waals surface area (Å²) in [6.07, 6.45) is 0.248. The molecule has 0 fully saturated rings. The van der Waals surface area contributed by atoms with E-state index in [2.05, 4.69) is 4.74 Å². The molecular weight excluding hydrogens is 168 g/mol. The van der Waals surface area contributed by atoms with Gasteiger partial charge in [0.1, 0.15) is 5.75 Å². The van der Waals surface area contributed by atoms with Gasteiger partial charge < -0.3 is 9.84 Å². The Hall–Kier alpha value is -1.51.